The van der Waals surface area contributed by atoms with Crippen molar-refractivity contribution in [3.8, 4) is 0 Å². The zero-order valence-corrected chi connectivity index (χ0v) is 13.1. The zero-order valence-electron chi connectivity index (χ0n) is 12.4. The van der Waals surface area contributed by atoms with Crippen molar-refractivity contribution in [3.63, 3.8) is 0 Å². The minimum Gasteiger partial charge on any atom is -0.349 e. The molecule has 0 radical (unpaired) electrons. The molecule has 1 unspecified atom stereocenters. The molecular formula is C14H21ClN4O2. The van der Waals surface area contributed by atoms with E-state index in [1.807, 2.05) is 4.90 Å². The van der Waals surface area contributed by atoms with Gasteiger partial charge in [-0.1, -0.05) is 25.4 Å². The SMILES string of the molecule is CC(C)CN(CC1CCCN1)c1ncc(Cl)cc1[N+](=O)[O-]. The molecule has 0 aromatic carbocycles. The molecule has 1 aromatic rings. The van der Waals surface area contributed by atoms with Crippen LogP contribution in [0.3, 0.4) is 0 Å². The molecule has 1 atom stereocenters. The average Bonchev–Trinajstić information content (AvgIpc) is 2.90. The van der Waals surface area contributed by atoms with Crippen LogP contribution >= 0.6 is 11.6 Å². The van der Waals surface area contributed by atoms with Crippen molar-refractivity contribution in [2.45, 2.75) is 32.7 Å². The van der Waals surface area contributed by atoms with E-state index in [0.717, 1.165) is 32.5 Å². The van der Waals surface area contributed by atoms with Crippen LogP contribution < -0.4 is 10.2 Å². The van der Waals surface area contributed by atoms with E-state index in [-0.39, 0.29) is 10.7 Å². The fourth-order valence-electron chi connectivity index (χ4n) is 2.67. The number of hydrogen-bond acceptors (Lipinski definition) is 5. The lowest BCUT2D eigenvalue weighted by molar-refractivity contribution is -0.384. The second-order valence-corrected chi connectivity index (χ2v) is 6.28. The molecule has 0 bridgehead atoms. The number of hydrogen-bond donors (Lipinski definition) is 1. The van der Waals surface area contributed by atoms with Crippen LogP contribution in [0, 0.1) is 16.0 Å². The quantitative estimate of drug-likeness (QED) is 0.646. The van der Waals surface area contributed by atoms with E-state index in [2.05, 4.69) is 24.1 Å². The third-order valence-electron chi connectivity index (χ3n) is 3.50. The third kappa shape index (κ3) is 4.28. The first-order chi connectivity index (χ1) is 9.97. The Morgan fingerprint density at radius 2 is 2.38 bits per heavy atom. The molecule has 6 nitrogen and oxygen atoms in total. The largest absolute Gasteiger partial charge is 0.349 e. The summed E-state index contributed by atoms with van der Waals surface area (Å²) >= 11 is 5.84. The lowest BCUT2D eigenvalue weighted by atomic mass is 10.1. The monoisotopic (exact) mass is 312 g/mol. The molecule has 0 amide bonds. The second kappa shape index (κ2) is 7.04. The van der Waals surface area contributed by atoms with E-state index >= 15 is 0 Å². The van der Waals surface area contributed by atoms with Gasteiger partial charge in [0.1, 0.15) is 0 Å². The first-order valence-electron chi connectivity index (χ1n) is 7.25. The van der Waals surface area contributed by atoms with Crippen molar-refractivity contribution >= 4 is 23.1 Å². The summed E-state index contributed by atoms with van der Waals surface area (Å²) in [4.78, 5) is 17.1. The van der Waals surface area contributed by atoms with E-state index in [0.29, 0.717) is 17.8 Å². The van der Waals surface area contributed by atoms with Crippen LogP contribution in [0.4, 0.5) is 11.5 Å². The van der Waals surface area contributed by atoms with Crippen molar-refractivity contribution in [2.24, 2.45) is 5.92 Å². The van der Waals surface area contributed by atoms with Gasteiger partial charge in [0.15, 0.2) is 0 Å². The molecule has 1 aromatic heterocycles. The molecule has 1 aliphatic rings. The summed E-state index contributed by atoms with van der Waals surface area (Å²) in [6, 6.07) is 1.74. The smallest absolute Gasteiger partial charge is 0.313 e. The van der Waals surface area contributed by atoms with Crippen LogP contribution in [-0.2, 0) is 0 Å². The third-order valence-corrected chi connectivity index (χ3v) is 3.71. The molecule has 0 spiro atoms. The Balaban J connectivity index is 2.28. The molecule has 21 heavy (non-hydrogen) atoms. The van der Waals surface area contributed by atoms with E-state index in [1.165, 1.54) is 12.3 Å². The Kier molecular flexibility index (Phi) is 5.36. The number of nitro groups is 1. The van der Waals surface area contributed by atoms with Gasteiger partial charge in [0, 0.05) is 31.4 Å². The van der Waals surface area contributed by atoms with E-state index in [4.69, 9.17) is 11.6 Å². The molecule has 0 aliphatic carbocycles. The number of pyridine rings is 1. The van der Waals surface area contributed by atoms with E-state index in [1.54, 1.807) is 0 Å². The fourth-order valence-corrected chi connectivity index (χ4v) is 2.82. The Hall–Kier alpha value is -1.40. The van der Waals surface area contributed by atoms with Gasteiger partial charge in [-0.05, 0) is 25.3 Å². The first-order valence-corrected chi connectivity index (χ1v) is 7.63. The van der Waals surface area contributed by atoms with Gasteiger partial charge in [-0.2, -0.15) is 0 Å². The molecule has 2 heterocycles. The van der Waals surface area contributed by atoms with E-state index < -0.39 is 4.92 Å². The summed E-state index contributed by atoms with van der Waals surface area (Å²) in [5.41, 5.74) is -0.0267. The summed E-state index contributed by atoms with van der Waals surface area (Å²) < 4.78 is 0. The number of aromatic nitrogens is 1. The van der Waals surface area contributed by atoms with Gasteiger partial charge in [0.25, 0.3) is 0 Å². The lowest BCUT2D eigenvalue weighted by Crippen LogP contribution is -2.40. The van der Waals surface area contributed by atoms with Gasteiger partial charge in [0.2, 0.25) is 5.82 Å². The van der Waals surface area contributed by atoms with Gasteiger partial charge in [-0.15, -0.1) is 0 Å². The standard InChI is InChI=1S/C14H21ClN4O2/c1-10(2)8-18(9-12-4-3-5-16-12)14-13(19(20)21)6-11(15)7-17-14/h6-7,10,12,16H,3-5,8-9H2,1-2H3. The molecular weight excluding hydrogens is 292 g/mol. The lowest BCUT2D eigenvalue weighted by Gasteiger charge is -2.28. The highest BCUT2D eigenvalue weighted by atomic mass is 35.5. The van der Waals surface area contributed by atoms with Gasteiger partial charge in [0.05, 0.1) is 9.95 Å². The molecule has 2 rings (SSSR count). The summed E-state index contributed by atoms with van der Waals surface area (Å²) in [6.45, 7) is 6.66. The summed E-state index contributed by atoms with van der Waals surface area (Å²) in [5.74, 6) is 0.801. The molecule has 1 fully saturated rings. The molecule has 116 valence electrons. The molecule has 1 N–H and O–H groups in total. The van der Waals surface area contributed by atoms with Crippen molar-refractivity contribution in [1.29, 1.82) is 0 Å². The Morgan fingerprint density at radius 3 is 2.95 bits per heavy atom. The number of anilines is 1. The fraction of sp³-hybridized carbons (Fsp3) is 0.643. The van der Waals surface area contributed by atoms with E-state index in [9.17, 15) is 10.1 Å². The number of nitrogens with zero attached hydrogens (tertiary/aromatic N) is 3. The predicted octanol–water partition coefficient (Wildman–Crippen LogP) is 2.86. The van der Waals surface area contributed by atoms with Gasteiger partial charge < -0.3 is 10.2 Å². The first kappa shape index (κ1) is 16.0. The van der Waals surface area contributed by atoms with Gasteiger partial charge in [-0.25, -0.2) is 4.98 Å². The maximum Gasteiger partial charge on any atom is 0.313 e. The Bertz CT molecular complexity index is 504. The molecule has 1 aliphatic heterocycles. The van der Waals surface area contributed by atoms with Crippen LogP contribution in [-0.4, -0.2) is 35.6 Å². The normalized spacial score (nSPS) is 18.2. The minimum atomic E-state index is -0.413. The van der Waals surface area contributed by atoms with Crippen LogP contribution in [0.5, 0.6) is 0 Å². The highest BCUT2D eigenvalue weighted by molar-refractivity contribution is 6.30. The number of halogens is 1. The van der Waals surface area contributed by atoms with Crippen molar-refractivity contribution in [3.05, 3.63) is 27.4 Å². The number of nitrogens with one attached hydrogen (secondary N) is 1. The van der Waals surface area contributed by atoms with Crippen LogP contribution in [0.1, 0.15) is 26.7 Å². The predicted molar refractivity (Wildman–Crippen MR) is 84.0 cm³/mol. The molecule has 1 saturated heterocycles. The maximum atomic E-state index is 11.3. The van der Waals surface area contributed by atoms with Crippen molar-refractivity contribution < 1.29 is 4.92 Å². The van der Waals surface area contributed by atoms with Gasteiger partial charge in [-0.3, -0.25) is 10.1 Å². The summed E-state index contributed by atoms with van der Waals surface area (Å²) in [5, 5.41) is 15.0. The van der Waals surface area contributed by atoms with Crippen LogP contribution in [0.2, 0.25) is 5.02 Å². The second-order valence-electron chi connectivity index (χ2n) is 5.85. The van der Waals surface area contributed by atoms with Crippen molar-refractivity contribution in [2.75, 3.05) is 24.5 Å². The van der Waals surface area contributed by atoms with Crippen molar-refractivity contribution in [1.82, 2.24) is 10.3 Å². The van der Waals surface area contributed by atoms with Gasteiger partial charge >= 0.3 is 5.69 Å². The minimum absolute atomic E-state index is 0.0267. The highest BCUT2D eigenvalue weighted by Crippen LogP contribution is 2.29. The van der Waals surface area contributed by atoms with Crippen LogP contribution in [0.25, 0.3) is 0 Å². The Labute approximate surface area is 129 Å². The van der Waals surface area contributed by atoms with Crippen LogP contribution in [0.15, 0.2) is 12.3 Å². The summed E-state index contributed by atoms with van der Waals surface area (Å²) in [6.07, 6.45) is 3.71. The maximum absolute atomic E-state index is 11.3. The molecule has 7 heteroatoms. The zero-order chi connectivity index (χ0) is 15.4. The summed E-state index contributed by atoms with van der Waals surface area (Å²) in [7, 11) is 0. The topological polar surface area (TPSA) is 71.3 Å². The average molecular weight is 313 g/mol. The highest BCUT2D eigenvalue weighted by Gasteiger charge is 2.25. The Morgan fingerprint density at radius 1 is 1.62 bits per heavy atom. The number of rotatable bonds is 6. The molecule has 0 saturated carbocycles.